The molecule has 0 aromatic heterocycles. The summed E-state index contributed by atoms with van der Waals surface area (Å²) < 4.78 is 16.3. The minimum atomic E-state index is -0.711. The molecule has 1 atom stereocenters. The number of methoxy groups -OCH3 is 2. The molecular weight excluding hydrogens is 366 g/mol. The summed E-state index contributed by atoms with van der Waals surface area (Å²) in [5.74, 6) is 1.58. The number of ether oxygens (including phenoxy) is 3. The van der Waals surface area contributed by atoms with Crippen molar-refractivity contribution in [1.82, 2.24) is 0 Å². The minimum absolute atomic E-state index is 0.304. The van der Waals surface area contributed by atoms with E-state index in [1.807, 2.05) is 36.4 Å². The van der Waals surface area contributed by atoms with Crippen molar-refractivity contribution in [2.75, 3.05) is 19.5 Å². The fourth-order valence-corrected chi connectivity index (χ4v) is 2.85. The third kappa shape index (κ3) is 4.44. The predicted octanol–water partition coefficient (Wildman–Crippen LogP) is 4.92. The molecule has 6 heteroatoms. The van der Waals surface area contributed by atoms with Gasteiger partial charge in [0.15, 0.2) is 6.10 Å². The smallest absolute Gasteiger partial charge is 0.265 e. The fraction of sp³-hybridized carbons (Fsp3) is 0.190. The average molecular weight is 386 g/mol. The molecule has 140 valence electrons. The van der Waals surface area contributed by atoms with Crippen LogP contribution in [0.25, 0.3) is 10.8 Å². The van der Waals surface area contributed by atoms with E-state index >= 15 is 0 Å². The Morgan fingerprint density at radius 3 is 2.33 bits per heavy atom. The van der Waals surface area contributed by atoms with Crippen LogP contribution in [0.5, 0.6) is 17.2 Å². The number of rotatable bonds is 6. The van der Waals surface area contributed by atoms with Crippen molar-refractivity contribution in [1.29, 1.82) is 0 Å². The number of fused-ring (bicyclic) bond motifs is 1. The van der Waals surface area contributed by atoms with Crippen LogP contribution < -0.4 is 19.5 Å². The maximum absolute atomic E-state index is 12.5. The highest BCUT2D eigenvalue weighted by atomic mass is 35.5. The Labute approximate surface area is 162 Å². The van der Waals surface area contributed by atoms with Gasteiger partial charge in [-0.25, -0.2) is 0 Å². The molecule has 5 nitrogen and oxygen atoms in total. The van der Waals surface area contributed by atoms with Crippen LogP contribution in [0.4, 0.5) is 5.69 Å². The standard InChI is InChI=1S/C21H20ClNO4/c1-13(21(24)23-19-12-16(22)6-9-20(19)26-3)27-18-8-5-14-4-7-17(25-2)10-15(14)11-18/h4-13H,1-3H3,(H,23,24)/t13-/m1/s1. The summed E-state index contributed by atoms with van der Waals surface area (Å²) >= 11 is 6.00. The Morgan fingerprint density at radius 1 is 0.926 bits per heavy atom. The van der Waals surface area contributed by atoms with Gasteiger partial charge < -0.3 is 19.5 Å². The number of carbonyl (C=O) groups is 1. The minimum Gasteiger partial charge on any atom is -0.497 e. The molecule has 0 radical (unpaired) electrons. The Morgan fingerprint density at radius 2 is 1.63 bits per heavy atom. The van der Waals surface area contributed by atoms with E-state index in [4.69, 9.17) is 25.8 Å². The summed E-state index contributed by atoms with van der Waals surface area (Å²) in [6.07, 6.45) is -0.711. The molecule has 0 fully saturated rings. The quantitative estimate of drug-likeness (QED) is 0.654. The van der Waals surface area contributed by atoms with Gasteiger partial charge in [0.25, 0.3) is 5.91 Å². The predicted molar refractivity (Wildman–Crippen MR) is 107 cm³/mol. The van der Waals surface area contributed by atoms with Crippen LogP contribution in [0.15, 0.2) is 54.6 Å². The van der Waals surface area contributed by atoms with Crippen LogP contribution in [-0.2, 0) is 4.79 Å². The van der Waals surface area contributed by atoms with Crippen LogP contribution in [0.3, 0.4) is 0 Å². The summed E-state index contributed by atoms with van der Waals surface area (Å²) in [7, 11) is 3.15. The fourth-order valence-electron chi connectivity index (χ4n) is 2.67. The number of hydrogen-bond donors (Lipinski definition) is 1. The lowest BCUT2D eigenvalue weighted by molar-refractivity contribution is -0.122. The summed E-state index contributed by atoms with van der Waals surface area (Å²) in [5, 5.41) is 5.31. The van der Waals surface area contributed by atoms with Gasteiger partial charge in [-0.15, -0.1) is 0 Å². The molecule has 1 N–H and O–H groups in total. The first-order chi connectivity index (χ1) is 13.0. The molecule has 3 rings (SSSR count). The zero-order chi connectivity index (χ0) is 19.4. The molecule has 0 saturated heterocycles. The first-order valence-corrected chi connectivity index (χ1v) is 8.77. The monoisotopic (exact) mass is 385 g/mol. The zero-order valence-corrected chi connectivity index (χ0v) is 16.0. The molecule has 0 spiro atoms. The van der Waals surface area contributed by atoms with Crippen LogP contribution in [-0.4, -0.2) is 26.2 Å². The van der Waals surface area contributed by atoms with E-state index in [0.29, 0.717) is 22.2 Å². The summed E-state index contributed by atoms with van der Waals surface area (Å²) in [6.45, 7) is 1.68. The van der Waals surface area contributed by atoms with Gasteiger partial charge in [-0.3, -0.25) is 4.79 Å². The van der Waals surface area contributed by atoms with E-state index < -0.39 is 6.10 Å². The molecular formula is C21H20ClNO4. The van der Waals surface area contributed by atoms with Gasteiger partial charge in [-0.1, -0.05) is 23.7 Å². The number of nitrogens with one attached hydrogen (secondary N) is 1. The highest BCUT2D eigenvalue weighted by molar-refractivity contribution is 6.31. The molecule has 0 aliphatic heterocycles. The van der Waals surface area contributed by atoms with Crippen molar-refractivity contribution in [3.05, 3.63) is 59.6 Å². The summed E-state index contributed by atoms with van der Waals surface area (Å²) in [4.78, 5) is 12.5. The second-order valence-corrected chi connectivity index (χ2v) is 6.41. The number of benzene rings is 3. The molecule has 3 aromatic rings. The normalized spacial score (nSPS) is 11.7. The molecule has 0 aliphatic carbocycles. The van der Waals surface area contributed by atoms with Crippen LogP contribution >= 0.6 is 11.6 Å². The third-order valence-corrected chi connectivity index (χ3v) is 4.36. The van der Waals surface area contributed by atoms with E-state index in [1.54, 1.807) is 32.2 Å². The lowest BCUT2D eigenvalue weighted by atomic mass is 10.1. The molecule has 0 heterocycles. The molecule has 0 aliphatic rings. The Hall–Kier alpha value is -2.92. The number of carbonyl (C=O) groups excluding carboxylic acids is 1. The van der Waals surface area contributed by atoms with Crippen molar-refractivity contribution in [3.63, 3.8) is 0 Å². The van der Waals surface area contributed by atoms with Gasteiger partial charge in [0, 0.05) is 5.02 Å². The van der Waals surface area contributed by atoms with E-state index in [9.17, 15) is 4.79 Å². The largest absolute Gasteiger partial charge is 0.497 e. The van der Waals surface area contributed by atoms with Crippen molar-refractivity contribution in [2.24, 2.45) is 0 Å². The van der Waals surface area contributed by atoms with Crippen molar-refractivity contribution in [3.8, 4) is 17.2 Å². The van der Waals surface area contributed by atoms with E-state index in [2.05, 4.69) is 5.32 Å². The van der Waals surface area contributed by atoms with E-state index in [0.717, 1.165) is 16.5 Å². The topological polar surface area (TPSA) is 56.8 Å². The van der Waals surface area contributed by atoms with Crippen LogP contribution in [0.1, 0.15) is 6.92 Å². The molecule has 0 unspecified atom stereocenters. The summed E-state index contributed by atoms with van der Waals surface area (Å²) in [6, 6.07) is 16.5. The van der Waals surface area contributed by atoms with Gasteiger partial charge in [0.05, 0.1) is 19.9 Å². The SMILES string of the molecule is COc1ccc2ccc(O[C@H](C)C(=O)Nc3cc(Cl)ccc3OC)cc2c1. The Kier molecular flexibility index (Phi) is 5.72. The van der Waals surface area contributed by atoms with E-state index in [1.165, 1.54) is 7.11 Å². The second kappa shape index (κ2) is 8.18. The maximum atomic E-state index is 12.5. The van der Waals surface area contributed by atoms with Crippen LogP contribution in [0, 0.1) is 0 Å². The second-order valence-electron chi connectivity index (χ2n) is 5.97. The average Bonchev–Trinajstić information content (AvgIpc) is 2.67. The number of halogens is 1. The van der Waals surface area contributed by atoms with Crippen molar-refractivity contribution in [2.45, 2.75) is 13.0 Å². The Bertz CT molecular complexity index is 974. The highest BCUT2D eigenvalue weighted by Gasteiger charge is 2.17. The summed E-state index contributed by atoms with van der Waals surface area (Å²) in [5.41, 5.74) is 0.494. The first kappa shape index (κ1) is 18.9. The van der Waals surface area contributed by atoms with Crippen molar-refractivity contribution >= 4 is 34.0 Å². The van der Waals surface area contributed by atoms with Gasteiger partial charge in [0.2, 0.25) is 0 Å². The van der Waals surface area contributed by atoms with Crippen LogP contribution in [0.2, 0.25) is 5.02 Å². The first-order valence-electron chi connectivity index (χ1n) is 8.39. The highest BCUT2D eigenvalue weighted by Crippen LogP contribution is 2.29. The maximum Gasteiger partial charge on any atom is 0.265 e. The lowest BCUT2D eigenvalue weighted by Gasteiger charge is -2.16. The zero-order valence-electron chi connectivity index (χ0n) is 15.3. The molecule has 3 aromatic carbocycles. The van der Waals surface area contributed by atoms with Gasteiger partial charge in [-0.05, 0) is 60.2 Å². The lowest BCUT2D eigenvalue weighted by Crippen LogP contribution is -2.30. The number of hydrogen-bond acceptors (Lipinski definition) is 4. The third-order valence-electron chi connectivity index (χ3n) is 4.12. The molecule has 0 saturated carbocycles. The van der Waals surface area contributed by atoms with Gasteiger partial charge in [-0.2, -0.15) is 0 Å². The van der Waals surface area contributed by atoms with Gasteiger partial charge in [0.1, 0.15) is 17.2 Å². The van der Waals surface area contributed by atoms with E-state index in [-0.39, 0.29) is 5.91 Å². The molecule has 0 bridgehead atoms. The Balaban J connectivity index is 1.74. The van der Waals surface area contributed by atoms with Crippen molar-refractivity contribution < 1.29 is 19.0 Å². The molecule has 1 amide bonds. The number of amides is 1. The van der Waals surface area contributed by atoms with Gasteiger partial charge >= 0.3 is 0 Å². The molecule has 27 heavy (non-hydrogen) atoms. The number of anilines is 1.